The Bertz CT molecular complexity index is 566. The van der Waals surface area contributed by atoms with Crippen LogP contribution in [0.4, 0.5) is 0 Å². The van der Waals surface area contributed by atoms with Crippen LogP contribution in [-0.2, 0) is 14.3 Å². The number of ether oxygens (including phenoxy) is 2. The Morgan fingerprint density at radius 1 is 1.41 bits per heavy atom. The molecule has 0 aromatic carbocycles. The zero-order chi connectivity index (χ0) is 19.2. The highest BCUT2D eigenvalue weighted by atomic mass is 16.5. The summed E-state index contributed by atoms with van der Waals surface area (Å²) in [6.07, 6.45) is 4.34. The first-order valence-electron chi connectivity index (χ1n) is 10.5. The summed E-state index contributed by atoms with van der Waals surface area (Å²) in [5, 5.41) is 18.2. The van der Waals surface area contributed by atoms with Crippen LogP contribution < -0.4 is 10.6 Å². The van der Waals surface area contributed by atoms with Gasteiger partial charge in [-0.2, -0.15) is 0 Å². The molecule has 3 saturated heterocycles. The van der Waals surface area contributed by atoms with Crippen LogP contribution in [0, 0.1) is 5.41 Å². The third-order valence-corrected chi connectivity index (χ3v) is 7.47. The van der Waals surface area contributed by atoms with Crippen molar-refractivity contribution in [2.75, 3.05) is 33.4 Å². The van der Waals surface area contributed by atoms with Crippen LogP contribution in [0.1, 0.15) is 46.0 Å². The Kier molecular flexibility index (Phi) is 5.27. The van der Waals surface area contributed by atoms with Gasteiger partial charge < -0.3 is 30.1 Å². The monoisotopic (exact) mass is 381 g/mol. The summed E-state index contributed by atoms with van der Waals surface area (Å²) in [6, 6.07) is 1.19. The Hall–Kier alpha value is -0.730. The molecule has 3 N–H and O–H groups in total. The van der Waals surface area contributed by atoms with E-state index in [0.717, 1.165) is 45.4 Å². The number of carbonyl (C=O) groups excluding carboxylic acids is 1. The summed E-state index contributed by atoms with van der Waals surface area (Å²) < 4.78 is 11.1. The molecule has 0 aromatic rings. The number of fused-ring (bicyclic) bond motifs is 2. The van der Waals surface area contributed by atoms with Gasteiger partial charge in [-0.25, -0.2) is 0 Å². The lowest BCUT2D eigenvalue weighted by molar-refractivity contribution is -0.159. The molecule has 0 unspecified atom stereocenters. The Morgan fingerprint density at radius 3 is 2.85 bits per heavy atom. The van der Waals surface area contributed by atoms with Crippen LogP contribution in [0.15, 0.2) is 0 Å². The van der Waals surface area contributed by atoms with Gasteiger partial charge in [0.25, 0.3) is 0 Å². The first kappa shape index (κ1) is 19.6. The van der Waals surface area contributed by atoms with E-state index in [0.29, 0.717) is 25.1 Å². The van der Waals surface area contributed by atoms with Gasteiger partial charge in [-0.15, -0.1) is 0 Å². The lowest BCUT2D eigenvalue weighted by Gasteiger charge is -2.44. The quantitative estimate of drug-likeness (QED) is 0.634. The maximum Gasteiger partial charge on any atom is 0.232 e. The van der Waals surface area contributed by atoms with E-state index in [4.69, 9.17) is 9.47 Å². The highest BCUT2D eigenvalue weighted by molar-refractivity contribution is 5.85. The molecule has 6 atom stereocenters. The van der Waals surface area contributed by atoms with Crippen molar-refractivity contribution >= 4 is 5.91 Å². The van der Waals surface area contributed by atoms with Crippen molar-refractivity contribution in [2.24, 2.45) is 5.41 Å². The smallest absolute Gasteiger partial charge is 0.232 e. The van der Waals surface area contributed by atoms with Gasteiger partial charge in [-0.3, -0.25) is 4.79 Å². The van der Waals surface area contributed by atoms with Crippen LogP contribution in [0.5, 0.6) is 0 Å². The number of hydrogen-bond acceptors (Lipinski definition) is 6. The fourth-order valence-electron chi connectivity index (χ4n) is 5.72. The molecule has 1 saturated carbocycles. The SMILES string of the molecule is CO[C@@H]1COCC[C@@H]1N[C@@H]1CC[C@@](C(=O)N2C[C@@H]3C[C@H]2CN3)(C(C)(C)O)C1. The van der Waals surface area contributed by atoms with Gasteiger partial charge in [0.2, 0.25) is 5.91 Å². The summed E-state index contributed by atoms with van der Waals surface area (Å²) in [5.41, 5.74) is -1.74. The lowest BCUT2D eigenvalue weighted by Crippen LogP contribution is -2.58. The summed E-state index contributed by atoms with van der Waals surface area (Å²) >= 11 is 0. The van der Waals surface area contributed by atoms with Crippen LogP contribution >= 0.6 is 0 Å². The average molecular weight is 382 g/mol. The zero-order valence-corrected chi connectivity index (χ0v) is 16.9. The van der Waals surface area contributed by atoms with Crippen molar-refractivity contribution in [3.05, 3.63) is 0 Å². The highest BCUT2D eigenvalue weighted by Crippen LogP contribution is 2.49. The number of carbonyl (C=O) groups is 1. The largest absolute Gasteiger partial charge is 0.389 e. The number of nitrogens with zero attached hydrogens (tertiary/aromatic N) is 1. The molecular formula is C20H35N3O4. The molecule has 4 fully saturated rings. The number of amides is 1. The van der Waals surface area contributed by atoms with E-state index in [1.807, 2.05) is 18.7 Å². The van der Waals surface area contributed by atoms with Gasteiger partial charge in [0.05, 0.1) is 23.7 Å². The van der Waals surface area contributed by atoms with Crippen molar-refractivity contribution in [2.45, 2.75) is 81.8 Å². The van der Waals surface area contributed by atoms with Crippen LogP contribution in [0.3, 0.4) is 0 Å². The minimum atomic E-state index is -1.04. The van der Waals surface area contributed by atoms with Gasteiger partial charge >= 0.3 is 0 Å². The molecule has 0 radical (unpaired) electrons. The minimum Gasteiger partial charge on any atom is -0.389 e. The second-order valence-corrected chi connectivity index (χ2v) is 9.44. The number of methoxy groups -OCH3 is 1. The van der Waals surface area contributed by atoms with Gasteiger partial charge in [0.15, 0.2) is 0 Å². The number of likely N-dealkylation sites (tertiary alicyclic amines) is 1. The van der Waals surface area contributed by atoms with Crippen molar-refractivity contribution < 1.29 is 19.4 Å². The molecule has 3 aliphatic heterocycles. The topological polar surface area (TPSA) is 83.1 Å². The number of rotatable bonds is 5. The maximum absolute atomic E-state index is 13.6. The molecule has 4 rings (SSSR count). The third-order valence-electron chi connectivity index (χ3n) is 7.47. The summed E-state index contributed by atoms with van der Waals surface area (Å²) in [7, 11) is 1.73. The maximum atomic E-state index is 13.6. The van der Waals surface area contributed by atoms with Gasteiger partial charge in [0.1, 0.15) is 0 Å². The molecule has 7 nitrogen and oxygen atoms in total. The van der Waals surface area contributed by atoms with Crippen molar-refractivity contribution in [1.82, 2.24) is 15.5 Å². The van der Waals surface area contributed by atoms with E-state index in [-0.39, 0.29) is 24.1 Å². The van der Waals surface area contributed by atoms with Gasteiger partial charge in [0, 0.05) is 51.0 Å². The van der Waals surface area contributed by atoms with E-state index in [1.54, 1.807) is 7.11 Å². The van der Waals surface area contributed by atoms with Gasteiger partial charge in [-0.1, -0.05) is 0 Å². The molecule has 2 bridgehead atoms. The second kappa shape index (κ2) is 7.26. The van der Waals surface area contributed by atoms with E-state index >= 15 is 0 Å². The number of aliphatic hydroxyl groups is 1. The Labute approximate surface area is 162 Å². The second-order valence-electron chi connectivity index (χ2n) is 9.44. The number of nitrogens with one attached hydrogen (secondary N) is 2. The average Bonchev–Trinajstić information content (AvgIpc) is 3.36. The van der Waals surface area contributed by atoms with Crippen molar-refractivity contribution in [3.8, 4) is 0 Å². The Balaban J connectivity index is 1.48. The van der Waals surface area contributed by atoms with Crippen LogP contribution in [-0.4, -0.2) is 85.2 Å². The number of piperazine rings is 1. The summed E-state index contributed by atoms with van der Waals surface area (Å²) in [4.78, 5) is 15.7. The van der Waals surface area contributed by atoms with E-state index in [1.165, 1.54) is 0 Å². The first-order chi connectivity index (χ1) is 12.8. The van der Waals surface area contributed by atoms with Crippen molar-refractivity contribution in [1.29, 1.82) is 0 Å². The Morgan fingerprint density at radius 2 is 2.22 bits per heavy atom. The predicted molar refractivity (Wildman–Crippen MR) is 101 cm³/mol. The van der Waals surface area contributed by atoms with Crippen molar-refractivity contribution in [3.63, 3.8) is 0 Å². The van der Waals surface area contributed by atoms with E-state index < -0.39 is 11.0 Å². The molecule has 0 aromatic heterocycles. The first-order valence-corrected chi connectivity index (χ1v) is 10.5. The molecule has 3 heterocycles. The van der Waals surface area contributed by atoms with Crippen LogP contribution in [0.2, 0.25) is 0 Å². The van der Waals surface area contributed by atoms with E-state index in [9.17, 15) is 9.90 Å². The van der Waals surface area contributed by atoms with Gasteiger partial charge in [-0.05, 0) is 46.0 Å². The molecular weight excluding hydrogens is 346 g/mol. The predicted octanol–water partition coefficient (Wildman–Crippen LogP) is 0.262. The van der Waals surface area contributed by atoms with Crippen LogP contribution in [0.25, 0.3) is 0 Å². The molecule has 1 amide bonds. The zero-order valence-electron chi connectivity index (χ0n) is 16.9. The standard InChI is InChI=1S/C20H35N3O4/c1-19(2,25)20(18(24)23-11-14-8-15(23)10-21-14)6-4-13(9-20)22-16-5-7-27-12-17(16)26-3/h13-17,21-22,25H,4-12H2,1-3H3/t13-,14+,15+,16+,17-,20-/m1/s1. The third kappa shape index (κ3) is 3.42. The minimum absolute atomic E-state index is 0.0481. The summed E-state index contributed by atoms with van der Waals surface area (Å²) in [5.74, 6) is 0.156. The molecule has 27 heavy (non-hydrogen) atoms. The molecule has 4 aliphatic rings. The van der Waals surface area contributed by atoms with E-state index in [2.05, 4.69) is 10.6 Å². The fraction of sp³-hybridized carbons (Fsp3) is 0.950. The fourth-order valence-corrected chi connectivity index (χ4v) is 5.72. The molecule has 1 aliphatic carbocycles. The molecule has 7 heteroatoms. The molecule has 0 spiro atoms. The normalized spacial score (nSPS) is 42.1. The highest BCUT2D eigenvalue weighted by Gasteiger charge is 2.58. The summed E-state index contributed by atoms with van der Waals surface area (Å²) in [6.45, 7) is 6.64. The molecule has 154 valence electrons. The number of hydrogen-bond donors (Lipinski definition) is 3. The lowest BCUT2D eigenvalue weighted by atomic mass is 9.70.